The van der Waals surface area contributed by atoms with E-state index in [1.54, 1.807) is 20.3 Å². The Bertz CT molecular complexity index is 1140. The second-order valence-electron chi connectivity index (χ2n) is 6.47. The molecule has 0 unspecified atom stereocenters. The van der Waals surface area contributed by atoms with Gasteiger partial charge in [0.05, 0.1) is 19.8 Å². The number of rotatable bonds is 5. The fourth-order valence-corrected chi connectivity index (χ4v) is 2.99. The highest BCUT2D eigenvalue weighted by atomic mass is 16.5. The first-order chi connectivity index (χ1) is 14.6. The largest absolute Gasteiger partial charge is 0.508 e. The van der Waals surface area contributed by atoms with Crippen molar-refractivity contribution < 1.29 is 19.7 Å². The second-order valence-corrected chi connectivity index (χ2v) is 6.47. The van der Waals surface area contributed by atoms with E-state index >= 15 is 0 Å². The highest BCUT2D eigenvalue weighted by molar-refractivity contribution is 5.71. The lowest BCUT2D eigenvalue weighted by Crippen LogP contribution is -2.00. The van der Waals surface area contributed by atoms with Crippen molar-refractivity contribution in [3.05, 3.63) is 66.7 Å². The molecular formula is C23H19N3O4. The number of hydrogen-bond donors (Lipinski definition) is 2. The smallest absolute Gasteiger partial charge is 0.167 e. The van der Waals surface area contributed by atoms with Crippen molar-refractivity contribution in [3.8, 4) is 57.2 Å². The molecule has 7 nitrogen and oxygen atoms in total. The van der Waals surface area contributed by atoms with Crippen molar-refractivity contribution in [2.24, 2.45) is 0 Å². The van der Waals surface area contributed by atoms with Gasteiger partial charge >= 0.3 is 0 Å². The fourth-order valence-electron chi connectivity index (χ4n) is 2.99. The summed E-state index contributed by atoms with van der Waals surface area (Å²) in [5, 5.41) is 20.0. The maximum atomic E-state index is 10.3. The first-order valence-corrected chi connectivity index (χ1v) is 9.14. The highest BCUT2D eigenvalue weighted by Crippen LogP contribution is 2.33. The lowest BCUT2D eigenvalue weighted by Gasteiger charge is -2.10. The zero-order chi connectivity index (χ0) is 21.1. The van der Waals surface area contributed by atoms with E-state index in [1.807, 2.05) is 48.5 Å². The Kier molecular flexibility index (Phi) is 5.17. The lowest BCUT2D eigenvalue weighted by atomic mass is 10.1. The highest BCUT2D eigenvalue weighted by Gasteiger charge is 2.15. The summed E-state index contributed by atoms with van der Waals surface area (Å²) in [5.41, 5.74) is 1.85. The van der Waals surface area contributed by atoms with E-state index in [4.69, 9.17) is 9.47 Å². The molecule has 0 fully saturated rings. The van der Waals surface area contributed by atoms with Crippen LogP contribution in [0.2, 0.25) is 0 Å². The lowest BCUT2D eigenvalue weighted by molar-refractivity contribution is 0.415. The van der Waals surface area contributed by atoms with Crippen LogP contribution < -0.4 is 9.47 Å². The van der Waals surface area contributed by atoms with E-state index in [9.17, 15) is 10.2 Å². The van der Waals surface area contributed by atoms with Gasteiger partial charge in [0.2, 0.25) is 0 Å². The SMILES string of the molecule is COc1cccc(-c2nc(-c3cccc(OC)c3)nc(-c3ccc(O)cc3O)n2)c1. The molecule has 30 heavy (non-hydrogen) atoms. The van der Waals surface area contributed by atoms with Gasteiger partial charge in [0, 0.05) is 17.2 Å². The van der Waals surface area contributed by atoms with Crippen LogP contribution in [0.15, 0.2) is 66.7 Å². The van der Waals surface area contributed by atoms with Gasteiger partial charge < -0.3 is 19.7 Å². The topological polar surface area (TPSA) is 97.6 Å². The van der Waals surface area contributed by atoms with Crippen LogP contribution in [0.25, 0.3) is 34.2 Å². The number of phenolic OH excluding ortho intramolecular Hbond substituents is 2. The van der Waals surface area contributed by atoms with Gasteiger partial charge in [0.15, 0.2) is 17.5 Å². The summed E-state index contributed by atoms with van der Waals surface area (Å²) in [6, 6.07) is 19.0. The standard InChI is InChI=1S/C23H19N3O4/c1-29-17-7-3-5-14(11-17)21-24-22(15-6-4-8-18(12-15)30-2)26-23(25-21)19-10-9-16(27)13-20(19)28/h3-13,27-28H,1-2H3. The number of hydrogen-bond acceptors (Lipinski definition) is 7. The molecule has 0 amide bonds. The zero-order valence-corrected chi connectivity index (χ0v) is 16.4. The van der Waals surface area contributed by atoms with Crippen LogP contribution in [-0.4, -0.2) is 39.4 Å². The van der Waals surface area contributed by atoms with Crippen molar-refractivity contribution in [1.82, 2.24) is 15.0 Å². The van der Waals surface area contributed by atoms with Crippen LogP contribution in [0.5, 0.6) is 23.0 Å². The number of aromatic nitrogens is 3. The Balaban J connectivity index is 1.93. The number of ether oxygens (including phenoxy) is 2. The summed E-state index contributed by atoms with van der Waals surface area (Å²) in [5.74, 6) is 2.28. The third-order valence-electron chi connectivity index (χ3n) is 4.51. The van der Waals surface area contributed by atoms with Crippen molar-refractivity contribution in [2.45, 2.75) is 0 Å². The molecule has 0 saturated heterocycles. The van der Waals surface area contributed by atoms with Gasteiger partial charge in [-0.15, -0.1) is 0 Å². The maximum Gasteiger partial charge on any atom is 0.167 e. The maximum absolute atomic E-state index is 10.3. The number of aromatic hydroxyl groups is 2. The van der Waals surface area contributed by atoms with Crippen molar-refractivity contribution >= 4 is 0 Å². The van der Waals surface area contributed by atoms with Crippen molar-refractivity contribution in [3.63, 3.8) is 0 Å². The van der Waals surface area contributed by atoms with E-state index < -0.39 is 0 Å². The molecule has 3 aromatic carbocycles. The number of nitrogens with zero attached hydrogens (tertiary/aromatic N) is 3. The minimum Gasteiger partial charge on any atom is -0.508 e. The molecular weight excluding hydrogens is 382 g/mol. The van der Waals surface area contributed by atoms with E-state index in [0.29, 0.717) is 28.7 Å². The fraction of sp³-hybridized carbons (Fsp3) is 0.0870. The van der Waals surface area contributed by atoms with E-state index in [2.05, 4.69) is 15.0 Å². The molecule has 1 heterocycles. The van der Waals surface area contributed by atoms with E-state index in [0.717, 1.165) is 11.1 Å². The first kappa shape index (κ1) is 19.2. The van der Waals surface area contributed by atoms with Gasteiger partial charge in [-0.3, -0.25) is 0 Å². The normalized spacial score (nSPS) is 10.6. The summed E-state index contributed by atoms with van der Waals surface area (Å²) in [6.07, 6.45) is 0. The van der Waals surface area contributed by atoms with Crippen molar-refractivity contribution in [2.75, 3.05) is 14.2 Å². The average Bonchev–Trinajstić information content (AvgIpc) is 2.79. The number of phenols is 2. The van der Waals surface area contributed by atoms with Crippen LogP contribution in [-0.2, 0) is 0 Å². The Labute approximate surface area is 173 Å². The van der Waals surface area contributed by atoms with Crippen LogP contribution in [0.4, 0.5) is 0 Å². The predicted octanol–water partition coefficient (Wildman–Crippen LogP) is 4.30. The summed E-state index contributed by atoms with van der Waals surface area (Å²) >= 11 is 0. The molecule has 0 spiro atoms. The molecule has 0 aliphatic rings. The van der Waals surface area contributed by atoms with Crippen molar-refractivity contribution in [1.29, 1.82) is 0 Å². The average molecular weight is 401 g/mol. The van der Waals surface area contributed by atoms with E-state index in [1.165, 1.54) is 12.1 Å². The quantitative estimate of drug-likeness (QED) is 0.514. The summed E-state index contributed by atoms with van der Waals surface area (Å²) in [7, 11) is 3.18. The summed E-state index contributed by atoms with van der Waals surface area (Å²) in [4.78, 5) is 13.7. The Morgan fingerprint density at radius 3 is 1.67 bits per heavy atom. The molecule has 0 bridgehead atoms. The van der Waals surface area contributed by atoms with Gasteiger partial charge in [0.25, 0.3) is 0 Å². The Morgan fingerprint density at radius 2 is 1.17 bits per heavy atom. The Morgan fingerprint density at radius 1 is 0.633 bits per heavy atom. The van der Waals surface area contributed by atoms with Gasteiger partial charge in [-0.25, -0.2) is 15.0 Å². The molecule has 0 aliphatic heterocycles. The van der Waals surface area contributed by atoms with Gasteiger partial charge in [-0.2, -0.15) is 0 Å². The molecule has 0 saturated carbocycles. The molecule has 0 atom stereocenters. The van der Waals surface area contributed by atoms with Gasteiger partial charge in [-0.1, -0.05) is 24.3 Å². The van der Waals surface area contributed by atoms with Crippen LogP contribution in [0.1, 0.15) is 0 Å². The molecule has 0 aliphatic carbocycles. The van der Waals surface area contributed by atoms with Crippen LogP contribution in [0, 0.1) is 0 Å². The molecule has 150 valence electrons. The monoisotopic (exact) mass is 401 g/mol. The zero-order valence-electron chi connectivity index (χ0n) is 16.4. The Hall–Kier alpha value is -4.13. The summed E-state index contributed by atoms with van der Waals surface area (Å²) < 4.78 is 10.6. The molecule has 4 rings (SSSR count). The van der Waals surface area contributed by atoms with Gasteiger partial charge in [-0.05, 0) is 36.4 Å². The second kappa shape index (κ2) is 8.08. The molecule has 4 aromatic rings. The third-order valence-corrected chi connectivity index (χ3v) is 4.51. The predicted molar refractivity (Wildman–Crippen MR) is 113 cm³/mol. The van der Waals surface area contributed by atoms with Crippen LogP contribution >= 0.6 is 0 Å². The molecule has 0 radical (unpaired) electrons. The minimum atomic E-state index is -0.130. The van der Waals surface area contributed by atoms with Gasteiger partial charge in [0.1, 0.15) is 23.0 Å². The first-order valence-electron chi connectivity index (χ1n) is 9.14. The molecule has 7 heteroatoms. The molecule has 2 N–H and O–H groups in total. The minimum absolute atomic E-state index is 0.0497. The number of benzene rings is 3. The van der Waals surface area contributed by atoms with Crippen LogP contribution in [0.3, 0.4) is 0 Å². The molecule has 1 aromatic heterocycles. The third kappa shape index (κ3) is 3.86. The summed E-state index contributed by atoms with van der Waals surface area (Å²) in [6.45, 7) is 0. The number of methoxy groups -OCH3 is 2. The van der Waals surface area contributed by atoms with E-state index in [-0.39, 0.29) is 17.3 Å².